The second kappa shape index (κ2) is 8.62. The van der Waals surface area contributed by atoms with Crippen LogP contribution in [-0.2, 0) is 9.84 Å². The minimum absolute atomic E-state index is 0.0537. The summed E-state index contributed by atoms with van der Waals surface area (Å²) in [5, 5.41) is 3.28. The van der Waals surface area contributed by atoms with Gasteiger partial charge in [-0.3, -0.25) is 4.79 Å². The standard InChI is InChI=1S/C17H28N4O3S/c1-4-21(15-8-11-25(23,24)13-15)17(22)16-7-6-14(12-19-16)18-9-5-10-20(2)3/h6-7,12,15,18H,4-5,8-11,13H2,1-3H3. The Morgan fingerprint density at radius 1 is 1.36 bits per heavy atom. The van der Waals surface area contributed by atoms with E-state index in [0.29, 0.717) is 18.7 Å². The number of anilines is 1. The smallest absolute Gasteiger partial charge is 0.272 e. The van der Waals surface area contributed by atoms with Crippen molar-refractivity contribution in [2.24, 2.45) is 0 Å². The number of pyridine rings is 1. The number of nitrogens with zero attached hydrogens (tertiary/aromatic N) is 3. The van der Waals surface area contributed by atoms with Crippen LogP contribution >= 0.6 is 0 Å². The van der Waals surface area contributed by atoms with Gasteiger partial charge in [-0.1, -0.05) is 0 Å². The van der Waals surface area contributed by atoms with Gasteiger partial charge in [-0.25, -0.2) is 13.4 Å². The summed E-state index contributed by atoms with van der Waals surface area (Å²) < 4.78 is 23.3. The van der Waals surface area contributed by atoms with Crippen LogP contribution < -0.4 is 5.32 Å². The molecule has 7 nitrogen and oxygen atoms in total. The molecule has 0 bridgehead atoms. The Labute approximate surface area is 150 Å². The van der Waals surface area contributed by atoms with Crippen molar-refractivity contribution in [3.63, 3.8) is 0 Å². The highest BCUT2D eigenvalue weighted by atomic mass is 32.2. The summed E-state index contributed by atoms with van der Waals surface area (Å²) in [6.45, 7) is 4.19. The maximum atomic E-state index is 12.7. The summed E-state index contributed by atoms with van der Waals surface area (Å²) in [6.07, 6.45) is 3.18. The normalized spacial score (nSPS) is 19.1. The van der Waals surface area contributed by atoms with E-state index < -0.39 is 9.84 Å². The summed E-state index contributed by atoms with van der Waals surface area (Å²) in [5.41, 5.74) is 1.23. The maximum Gasteiger partial charge on any atom is 0.272 e. The molecular weight excluding hydrogens is 340 g/mol. The first-order valence-corrected chi connectivity index (χ1v) is 10.5. The Hall–Kier alpha value is -1.67. The number of carbonyl (C=O) groups excluding carboxylic acids is 1. The molecule has 1 N–H and O–H groups in total. The number of sulfone groups is 1. The van der Waals surface area contributed by atoms with Gasteiger partial charge < -0.3 is 15.1 Å². The summed E-state index contributed by atoms with van der Waals surface area (Å²) in [6, 6.07) is 3.30. The van der Waals surface area contributed by atoms with E-state index >= 15 is 0 Å². The third-order valence-electron chi connectivity index (χ3n) is 4.34. The van der Waals surface area contributed by atoms with Gasteiger partial charge in [0.1, 0.15) is 5.69 Å². The molecule has 8 heteroatoms. The summed E-state index contributed by atoms with van der Waals surface area (Å²) in [5.74, 6) is 0.00623. The lowest BCUT2D eigenvalue weighted by Crippen LogP contribution is -2.41. The minimum atomic E-state index is -3.02. The number of hydrogen-bond donors (Lipinski definition) is 1. The predicted octanol–water partition coefficient (Wildman–Crippen LogP) is 1.09. The Bertz CT molecular complexity index is 674. The molecule has 1 atom stereocenters. The minimum Gasteiger partial charge on any atom is -0.384 e. The van der Waals surface area contributed by atoms with Crippen molar-refractivity contribution in [3.05, 3.63) is 24.0 Å². The van der Waals surface area contributed by atoms with Crippen LogP contribution in [0.15, 0.2) is 18.3 Å². The Kier molecular flexibility index (Phi) is 6.78. The van der Waals surface area contributed by atoms with Crippen LogP contribution in [0, 0.1) is 0 Å². The van der Waals surface area contributed by atoms with E-state index in [2.05, 4.69) is 15.2 Å². The van der Waals surface area contributed by atoms with Crippen LogP contribution in [0.25, 0.3) is 0 Å². The molecule has 140 valence electrons. The molecule has 1 aromatic heterocycles. The molecule has 25 heavy (non-hydrogen) atoms. The van der Waals surface area contributed by atoms with E-state index in [0.717, 1.165) is 25.2 Å². The zero-order chi connectivity index (χ0) is 18.4. The quantitative estimate of drug-likeness (QED) is 0.692. The summed E-state index contributed by atoms with van der Waals surface area (Å²) in [7, 11) is 1.06. The van der Waals surface area contributed by atoms with Crippen LogP contribution in [0.3, 0.4) is 0 Å². The fourth-order valence-corrected chi connectivity index (χ4v) is 4.72. The molecule has 1 saturated heterocycles. The third kappa shape index (κ3) is 5.67. The lowest BCUT2D eigenvalue weighted by Gasteiger charge is -2.26. The average Bonchev–Trinajstić information content (AvgIpc) is 2.92. The molecule has 1 aromatic rings. The van der Waals surface area contributed by atoms with Gasteiger partial charge in [0.2, 0.25) is 0 Å². The molecule has 0 aliphatic carbocycles. The Balaban J connectivity index is 1.94. The Morgan fingerprint density at radius 2 is 2.12 bits per heavy atom. The predicted molar refractivity (Wildman–Crippen MR) is 99.7 cm³/mol. The van der Waals surface area contributed by atoms with E-state index in [-0.39, 0.29) is 23.5 Å². The number of nitrogens with one attached hydrogen (secondary N) is 1. The molecule has 2 heterocycles. The lowest BCUT2D eigenvalue weighted by molar-refractivity contribution is 0.0702. The number of carbonyl (C=O) groups is 1. The van der Waals surface area contributed by atoms with Crippen LogP contribution in [0.2, 0.25) is 0 Å². The maximum absolute atomic E-state index is 12.7. The van der Waals surface area contributed by atoms with Crippen molar-refractivity contribution < 1.29 is 13.2 Å². The summed E-state index contributed by atoms with van der Waals surface area (Å²) in [4.78, 5) is 20.7. The fraction of sp³-hybridized carbons (Fsp3) is 0.647. The van der Waals surface area contributed by atoms with E-state index in [9.17, 15) is 13.2 Å². The molecule has 2 rings (SSSR count). The molecule has 1 amide bonds. The van der Waals surface area contributed by atoms with Crippen molar-refractivity contribution in [2.45, 2.75) is 25.8 Å². The van der Waals surface area contributed by atoms with Crippen molar-refractivity contribution in [3.8, 4) is 0 Å². The molecule has 0 radical (unpaired) electrons. The first-order valence-electron chi connectivity index (χ1n) is 8.68. The monoisotopic (exact) mass is 368 g/mol. The zero-order valence-corrected chi connectivity index (χ0v) is 16.1. The number of hydrogen-bond acceptors (Lipinski definition) is 6. The van der Waals surface area contributed by atoms with Gasteiger partial charge >= 0.3 is 0 Å². The molecule has 1 unspecified atom stereocenters. The highest BCUT2D eigenvalue weighted by Gasteiger charge is 2.34. The van der Waals surface area contributed by atoms with E-state index in [1.54, 1.807) is 17.2 Å². The zero-order valence-electron chi connectivity index (χ0n) is 15.2. The van der Waals surface area contributed by atoms with Crippen LogP contribution in [-0.4, -0.2) is 80.4 Å². The second-order valence-electron chi connectivity index (χ2n) is 6.66. The van der Waals surface area contributed by atoms with Gasteiger partial charge in [0.15, 0.2) is 9.84 Å². The van der Waals surface area contributed by atoms with E-state index in [1.165, 1.54) is 0 Å². The van der Waals surface area contributed by atoms with Crippen molar-refractivity contribution >= 4 is 21.4 Å². The SMILES string of the molecule is CCN(C(=O)c1ccc(NCCCN(C)C)cn1)C1CCS(=O)(=O)C1. The lowest BCUT2D eigenvalue weighted by atomic mass is 10.2. The van der Waals surface area contributed by atoms with Crippen LogP contribution in [0.4, 0.5) is 5.69 Å². The Morgan fingerprint density at radius 3 is 2.64 bits per heavy atom. The highest BCUT2D eigenvalue weighted by molar-refractivity contribution is 7.91. The van der Waals surface area contributed by atoms with Crippen LogP contribution in [0.5, 0.6) is 0 Å². The molecule has 1 aliphatic heterocycles. The third-order valence-corrected chi connectivity index (χ3v) is 6.09. The molecule has 1 fully saturated rings. The van der Waals surface area contributed by atoms with Gasteiger partial charge in [0.25, 0.3) is 5.91 Å². The molecule has 0 spiro atoms. The van der Waals surface area contributed by atoms with Gasteiger partial charge in [-0.05, 0) is 52.5 Å². The number of aromatic nitrogens is 1. The number of rotatable bonds is 8. The van der Waals surface area contributed by atoms with Crippen molar-refractivity contribution in [2.75, 3.05) is 50.6 Å². The van der Waals surface area contributed by atoms with E-state index in [4.69, 9.17) is 0 Å². The van der Waals surface area contributed by atoms with Gasteiger partial charge in [-0.15, -0.1) is 0 Å². The molecule has 0 saturated carbocycles. The first-order chi connectivity index (χ1) is 11.8. The first kappa shape index (κ1) is 19.7. The van der Waals surface area contributed by atoms with Gasteiger partial charge in [0.05, 0.1) is 23.4 Å². The second-order valence-corrected chi connectivity index (χ2v) is 8.89. The van der Waals surface area contributed by atoms with Crippen molar-refractivity contribution in [1.82, 2.24) is 14.8 Å². The summed E-state index contributed by atoms with van der Waals surface area (Å²) >= 11 is 0. The van der Waals surface area contributed by atoms with Gasteiger partial charge in [-0.2, -0.15) is 0 Å². The van der Waals surface area contributed by atoms with E-state index in [1.807, 2.05) is 27.1 Å². The topological polar surface area (TPSA) is 82.6 Å². The molecular formula is C17H28N4O3S. The number of amides is 1. The largest absolute Gasteiger partial charge is 0.384 e. The average molecular weight is 369 g/mol. The molecule has 1 aliphatic rings. The van der Waals surface area contributed by atoms with Crippen LogP contribution in [0.1, 0.15) is 30.3 Å². The van der Waals surface area contributed by atoms with Gasteiger partial charge in [0, 0.05) is 19.1 Å². The highest BCUT2D eigenvalue weighted by Crippen LogP contribution is 2.19. The molecule has 0 aromatic carbocycles. The fourth-order valence-electron chi connectivity index (χ4n) is 2.99. The van der Waals surface area contributed by atoms with Crippen molar-refractivity contribution in [1.29, 1.82) is 0 Å².